The van der Waals surface area contributed by atoms with Crippen LogP contribution in [0.25, 0.3) is 11.4 Å². The standard InChI is InChI=1S/C13H13BrClN3/c1-3-9-7-12(16-2)18-13(17-9)10-5-4-8(14)6-11(10)15/h4-7H,3H2,1-2H3,(H,16,17,18). The summed E-state index contributed by atoms with van der Waals surface area (Å²) in [5.74, 6) is 1.45. The molecule has 0 bridgehead atoms. The second-order valence-corrected chi connectivity index (χ2v) is 5.12. The van der Waals surface area contributed by atoms with Crippen molar-refractivity contribution in [3.8, 4) is 11.4 Å². The third-order valence-corrected chi connectivity index (χ3v) is 3.38. The Bertz CT molecular complexity index is 550. The second-order valence-electron chi connectivity index (χ2n) is 3.80. The summed E-state index contributed by atoms with van der Waals surface area (Å²) < 4.78 is 0.941. The highest BCUT2D eigenvalue weighted by Gasteiger charge is 2.09. The van der Waals surface area contributed by atoms with Gasteiger partial charge in [-0.2, -0.15) is 0 Å². The van der Waals surface area contributed by atoms with Crippen molar-refractivity contribution in [1.29, 1.82) is 0 Å². The number of rotatable bonds is 3. The molecule has 2 rings (SSSR count). The lowest BCUT2D eigenvalue weighted by Crippen LogP contribution is -2.00. The second kappa shape index (κ2) is 5.67. The van der Waals surface area contributed by atoms with Crippen LogP contribution in [-0.2, 0) is 6.42 Å². The molecule has 3 nitrogen and oxygen atoms in total. The highest BCUT2D eigenvalue weighted by atomic mass is 79.9. The number of halogens is 2. The van der Waals surface area contributed by atoms with E-state index in [9.17, 15) is 0 Å². The Morgan fingerprint density at radius 2 is 2.06 bits per heavy atom. The van der Waals surface area contributed by atoms with Crippen molar-refractivity contribution in [3.05, 3.63) is 39.5 Å². The van der Waals surface area contributed by atoms with Crippen LogP contribution in [-0.4, -0.2) is 17.0 Å². The van der Waals surface area contributed by atoms with Crippen molar-refractivity contribution in [2.75, 3.05) is 12.4 Å². The van der Waals surface area contributed by atoms with E-state index >= 15 is 0 Å². The third kappa shape index (κ3) is 2.82. The Balaban J connectivity index is 2.55. The molecule has 0 unspecified atom stereocenters. The van der Waals surface area contributed by atoms with Gasteiger partial charge in [0.15, 0.2) is 5.82 Å². The van der Waals surface area contributed by atoms with Gasteiger partial charge in [-0.3, -0.25) is 0 Å². The van der Waals surface area contributed by atoms with Crippen LogP contribution in [0.2, 0.25) is 5.02 Å². The molecule has 1 aromatic carbocycles. The maximum Gasteiger partial charge on any atom is 0.163 e. The van der Waals surface area contributed by atoms with Crippen molar-refractivity contribution in [2.45, 2.75) is 13.3 Å². The van der Waals surface area contributed by atoms with Crippen LogP contribution >= 0.6 is 27.5 Å². The number of hydrogen-bond acceptors (Lipinski definition) is 3. The van der Waals surface area contributed by atoms with Crippen LogP contribution in [0.4, 0.5) is 5.82 Å². The minimum absolute atomic E-state index is 0.639. The number of nitrogens with zero attached hydrogens (tertiary/aromatic N) is 2. The smallest absolute Gasteiger partial charge is 0.163 e. The molecule has 0 amide bonds. The molecule has 0 fully saturated rings. The minimum atomic E-state index is 0.639. The Labute approximate surface area is 120 Å². The average Bonchev–Trinajstić information content (AvgIpc) is 2.38. The van der Waals surface area contributed by atoms with Crippen LogP contribution in [0.5, 0.6) is 0 Å². The first kappa shape index (κ1) is 13.3. The van der Waals surface area contributed by atoms with Gasteiger partial charge in [-0.25, -0.2) is 9.97 Å². The Kier molecular flexibility index (Phi) is 4.19. The fourth-order valence-corrected chi connectivity index (χ4v) is 2.36. The summed E-state index contributed by atoms with van der Waals surface area (Å²) in [4.78, 5) is 8.95. The topological polar surface area (TPSA) is 37.8 Å². The Morgan fingerprint density at radius 3 is 2.67 bits per heavy atom. The molecule has 0 saturated heterocycles. The summed E-state index contributed by atoms with van der Waals surface area (Å²) in [6.07, 6.45) is 0.859. The fourth-order valence-electron chi connectivity index (χ4n) is 1.60. The lowest BCUT2D eigenvalue weighted by molar-refractivity contribution is 1.01. The van der Waals surface area contributed by atoms with Gasteiger partial charge >= 0.3 is 0 Å². The van der Waals surface area contributed by atoms with Crippen molar-refractivity contribution >= 4 is 33.3 Å². The van der Waals surface area contributed by atoms with Crippen LogP contribution in [0, 0.1) is 0 Å². The van der Waals surface area contributed by atoms with E-state index in [1.54, 1.807) is 0 Å². The van der Waals surface area contributed by atoms with Crippen LogP contribution in [0.15, 0.2) is 28.7 Å². The molecule has 0 aliphatic rings. The SMILES string of the molecule is CCc1cc(NC)nc(-c2ccc(Br)cc2Cl)n1. The van der Waals surface area contributed by atoms with Gasteiger partial charge in [-0.05, 0) is 24.6 Å². The normalized spacial score (nSPS) is 10.4. The quantitative estimate of drug-likeness (QED) is 0.920. The van der Waals surface area contributed by atoms with Gasteiger partial charge < -0.3 is 5.32 Å². The number of hydrogen-bond donors (Lipinski definition) is 1. The van der Waals surface area contributed by atoms with Crippen LogP contribution in [0.1, 0.15) is 12.6 Å². The highest BCUT2D eigenvalue weighted by Crippen LogP contribution is 2.29. The summed E-state index contributed by atoms with van der Waals surface area (Å²) in [6, 6.07) is 7.64. The minimum Gasteiger partial charge on any atom is -0.373 e. The molecule has 1 N–H and O–H groups in total. The van der Waals surface area contributed by atoms with Crippen molar-refractivity contribution in [2.24, 2.45) is 0 Å². The lowest BCUT2D eigenvalue weighted by Gasteiger charge is -2.08. The van der Waals surface area contributed by atoms with Gasteiger partial charge in [0, 0.05) is 28.8 Å². The van der Waals surface area contributed by atoms with E-state index in [1.807, 2.05) is 31.3 Å². The van der Waals surface area contributed by atoms with Crippen molar-refractivity contribution in [1.82, 2.24) is 9.97 Å². The summed E-state index contributed by atoms with van der Waals surface area (Å²) in [7, 11) is 1.84. The molecular weight excluding hydrogens is 314 g/mol. The zero-order chi connectivity index (χ0) is 13.1. The summed E-state index contributed by atoms with van der Waals surface area (Å²) in [5, 5.41) is 3.68. The summed E-state index contributed by atoms with van der Waals surface area (Å²) in [6.45, 7) is 2.06. The summed E-state index contributed by atoms with van der Waals surface area (Å²) >= 11 is 9.61. The van der Waals surface area contributed by atoms with Crippen molar-refractivity contribution < 1.29 is 0 Å². The largest absolute Gasteiger partial charge is 0.373 e. The van der Waals surface area contributed by atoms with E-state index in [4.69, 9.17) is 11.6 Å². The molecule has 0 aliphatic heterocycles. The maximum absolute atomic E-state index is 6.22. The first-order chi connectivity index (χ1) is 8.63. The van der Waals surface area contributed by atoms with E-state index in [0.29, 0.717) is 10.8 Å². The molecule has 18 heavy (non-hydrogen) atoms. The molecule has 0 radical (unpaired) electrons. The first-order valence-corrected chi connectivity index (χ1v) is 6.82. The predicted octanol–water partition coefficient (Wildman–Crippen LogP) is 4.16. The molecule has 0 saturated carbocycles. The Morgan fingerprint density at radius 1 is 1.28 bits per heavy atom. The predicted molar refractivity (Wildman–Crippen MR) is 79.1 cm³/mol. The molecule has 2 aromatic rings. The molecule has 0 spiro atoms. The third-order valence-electron chi connectivity index (χ3n) is 2.57. The fraction of sp³-hybridized carbons (Fsp3) is 0.231. The van der Waals surface area contributed by atoms with Gasteiger partial charge in [-0.15, -0.1) is 0 Å². The Hall–Kier alpha value is -1.13. The zero-order valence-electron chi connectivity index (χ0n) is 10.2. The molecule has 1 heterocycles. The molecular formula is C13H13BrClN3. The van der Waals surface area contributed by atoms with Gasteiger partial charge in [-0.1, -0.05) is 34.5 Å². The first-order valence-electron chi connectivity index (χ1n) is 5.65. The van der Waals surface area contributed by atoms with Gasteiger partial charge in [0.1, 0.15) is 5.82 Å². The number of aromatic nitrogens is 2. The van der Waals surface area contributed by atoms with Gasteiger partial charge in [0.2, 0.25) is 0 Å². The van der Waals surface area contributed by atoms with Crippen LogP contribution in [0.3, 0.4) is 0 Å². The van der Waals surface area contributed by atoms with Gasteiger partial charge in [0.05, 0.1) is 5.02 Å². The van der Waals surface area contributed by atoms with Crippen LogP contribution < -0.4 is 5.32 Å². The molecule has 5 heteroatoms. The van der Waals surface area contributed by atoms with E-state index in [1.165, 1.54) is 0 Å². The van der Waals surface area contributed by atoms with Crippen molar-refractivity contribution in [3.63, 3.8) is 0 Å². The number of nitrogens with one attached hydrogen (secondary N) is 1. The maximum atomic E-state index is 6.22. The molecule has 1 aromatic heterocycles. The summed E-state index contributed by atoms with van der Waals surface area (Å²) in [5.41, 5.74) is 1.83. The number of anilines is 1. The van der Waals surface area contributed by atoms with E-state index < -0.39 is 0 Å². The van der Waals surface area contributed by atoms with E-state index in [2.05, 4.69) is 38.1 Å². The number of aryl methyl sites for hydroxylation is 1. The zero-order valence-corrected chi connectivity index (χ0v) is 12.5. The molecule has 0 aliphatic carbocycles. The lowest BCUT2D eigenvalue weighted by atomic mass is 10.2. The monoisotopic (exact) mass is 325 g/mol. The van der Waals surface area contributed by atoms with E-state index in [0.717, 1.165) is 28.0 Å². The average molecular weight is 327 g/mol. The highest BCUT2D eigenvalue weighted by molar-refractivity contribution is 9.10. The number of benzene rings is 1. The van der Waals surface area contributed by atoms with Gasteiger partial charge in [0.25, 0.3) is 0 Å². The molecule has 0 atom stereocenters. The molecule has 94 valence electrons. The van der Waals surface area contributed by atoms with E-state index in [-0.39, 0.29) is 0 Å².